The SMILES string of the molecule is Cc1csc(C(C)NC(=O)c2ccccc2C(=O)O)n1. The van der Waals surface area contributed by atoms with Crippen molar-refractivity contribution in [2.45, 2.75) is 19.9 Å². The van der Waals surface area contributed by atoms with E-state index in [-0.39, 0.29) is 17.2 Å². The molecule has 6 heteroatoms. The average Bonchev–Trinajstić information content (AvgIpc) is 2.85. The normalized spacial score (nSPS) is 11.9. The van der Waals surface area contributed by atoms with Crippen molar-refractivity contribution in [2.24, 2.45) is 0 Å². The Morgan fingerprint density at radius 3 is 2.50 bits per heavy atom. The summed E-state index contributed by atoms with van der Waals surface area (Å²) < 4.78 is 0. The fourth-order valence-corrected chi connectivity index (χ4v) is 2.58. The molecule has 0 aliphatic carbocycles. The fourth-order valence-electron chi connectivity index (χ4n) is 1.77. The van der Waals surface area contributed by atoms with Crippen LogP contribution in [0.1, 0.15) is 44.4 Å². The highest BCUT2D eigenvalue weighted by Crippen LogP contribution is 2.18. The Hall–Kier alpha value is -2.21. The number of amides is 1. The van der Waals surface area contributed by atoms with E-state index in [0.29, 0.717) is 0 Å². The Balaban J connectivity index is 2.18. The number of aryl methyl sites for hydroxylation is 1. The highest BCUT2D eigenvalue weighted by atomic mass is 32.1. The van der Waals surface area contributed by atoms with Crippen molar-refractivity contribution in [3.05, 3.63) is 51.5 Å². The van der Waals surface area contributed by atoms with Gasteiger partial charge in [0.05, 0.1) is 17.2 Å². The van der Waals surface area contributed by atoms with Crippen LogP contribution in [0.2, 0.25) is 0 Å². The van der Waals surface area contributed by atoms with Crippen molar-refractivity contribution >= 4 is 23.2 Å². The van der Waals surface area contributed by atoms with Crippen LogP contribution in [0.5, 0.6) is 0 Å². The van der Waals surface area contributed by atoms with Crippen LogP contribution in [0.3, 0.4) is 0 Å². The van der Waals surface area contributed by atoms with E-state index in [0.717, 1.165) is 10.7 Å². The van der Waals surface area contributed by atoms with Crippen molar-refractivity contribution in [3.63, 3.8) is 0 Å². The molecule has 2 aromatic rings. The van der Waals surface area contributed by atoms with E-state index in [4.69, 9.17) is 5.11 Å². The molecule has 1 amide bonds. The van der Waals surface area contributed by atoms with Crippen LogP contribution in [0.15, 0.2) is 29.6 Å². The minimum Gasteiger partial charge on any atom is -0.478 e. The van der Waals surface area contributed by atoms with Gasteiger partial charge in [0.15, 0.2) is 0 Å². The van der Waals surface area contributed by atoms with Gasteiger partial charge in [0.1, 0.15) is 5.01 Å². The van der Waals surface area contributed by atoms with E-state index in [1.807, 2.05) is 19.2 Å². The molecule has 1 aromatic heterocycles. The molecule has 0 aliphatic heterocycles. The summed E-state index contributed by atoms with van der Waals surface area (Å²) in [7, 11) is 0. The third kappa shape index (κ3) is 3.03. The van der Waals surface area contributed by atoms with Gasteiger partial charge in [-0.05, 0) is 26.0 Å². The van der Waals surface area contributed by atoms with Crippen molar-refractivity contribution in [1.29, 1.82) is 0 Å². The van der Waals surface area contributed by atoms with Gasteiger partial charge < -0.3 is 10.4 Å². The molecule has 1 atom stereocenters. The summed E-state index contributed by atoms with van der Waals surface area (Å²) in [5, 5.41) is 14.5. The lowest BCUT2D eigenvalue weighted by Crippen LogP contribution is -2.28. The van der Waals surface area contributed by atoms with Crippen LogP contribution in [0, 0.1) is 6.92 Å². The van der Waals surface area contributed by atoms with E-state index < -0.39 is 11.9 Å². The molecule has 20 heavy (non-hydrogen) atoms. The number of thiazole rings is 1. The predicted molar refractivity (Wildman–Crippen MR) is 76.1 cm³/mol. The minimum absolute atomic E-state index is 0.00693. The molecule has 0 saturated heterocycles. The lowest BCUT2D eigenvalue weighted by molar-refractivity contribution is 0.0690. The summed E-state index contributed by atoms with van der Waals surface area (Å²) >= 11 is 1.46. The van der Waals surface area contributed by atoms with Gasteiger partial charge in [0, 0.05) is 11.1 Å². The molecule has 2 rings (SSSR count). The summed E-state index contributed by atoms with van der Waals surface area (Å²) in [4.78, 5) is 27.6. The van der Waals surface area contributed by atoms with Crippen LogP contribution >= 0.6 is 11.3 Å². The number of rotatable bonds is 4. The summed E-state index contributed by atoms with van der Waals surface area (Å²) in [5.74, 6) is -1.53. The largest absolute Gasteiger partial charge is 0.478 e. The van der Waals surface area contributed by atoms with E-state index >= 15 is 0 Å². The Morgan fingerprint density at radius 1 is 1.30 bits per heavy atom. The molecule has 0 aliphatic rings. The lowest BCUT2D eigenvalue weighted by Gasteiger charge is -2.12. The molecule has 2 N–H and O–H groups in total. The van der Waals surface area contributed by atoms with Crippen LogP contribution < -0.4 is 5.32 Å². The topological polar surface area (TPSA) is 79.3 Å². The number of carbonyl (C=O) groups is 2. The molecule has 1 aromatic carbocycles. The van der Waals surface area contributed by atoms with Gasteiger partial charge in [-0.15, -0.1) is 11.3 Å². The summed E-state index contributed by atoms with van der Waals surface area (Å²) in [6, 6.07) is 5.88. The van der Waals surface area contributed by atoms with Gasteiger partial charge in [-0.3, -0.25) is 4.79 Å². The van der Waals surface area contributed by atoms with Gasteiger partial charge in [-0.1, -0.05) is 12.1 Å². The first-order valence-electron chi connectivity index (χ1n) is 6.04. The third-order valence-corrected chi connectivity index (χ3v) is 3.90. The van der Waals surface area contributed by atoms with Gasteiger partial charge in [0.2, 0.25) is 0 Å². The Kier molecular flexibility index (Phi) is 4.14. The first kappa shape index (κ1) is 14.2. The maximum atomic E-state index is 12.2. The first-order valence-corrected chi connectivity index (χ1v) is 6.92. The zero-order chi connectivity index (χ0) is 14.7. The summed E-state index contributed by atoms with van der Waals surface area (Å²) in [6.07, 6.45) is 0. The highest BCUT2D eigenvalue weighted by molar-refractivity contribution is 7.09. The molecular weight excluding hydrogens is 276 g/mol. The molecule has 0 fully saturated rings. The maximum absolute atomic E-state index is 12.2. The molecule has 5 nitrogen and oxygen atoms in total. The van der Waals surface area contributed by atoms with E-state index in [9.17, 15) is 9.59 Å². The molecule has 1 heterocycles. The molecule has 0 saturated carbocycles. The van der Waals surface area contributed by atoms with Gasteiger partial charge in [-0.25, -0.2) is 9.78 Å². The molecule has 0 bridgehead atoms. The number of carboxylic acids is 1. The zero-order valence-electron chi connectivity index (χ0n) is 11.1. The maximum Gasteiger partial charge on any atom is 0.336 e. The zero-order valence-corrected chi connectivity index (χ0v) is 11.9. The van der Waals surface area contributed by atoms with E-state index in [2.05, 4.69) is 10.3 Å². The molecule has 0 spiro atoms. The van der Waals surface area contributed by atoms with Crippen molar-refractivity contribution in [2.75, 3.05) is 0 Å². The van der Waals surface area contributed by atoms with Crippen molar-refractivity contribution < 1.29 is 14.7 Å². The molecule has 0 radical (unpaired) electrons. The summed E-state index contributed by atoms with van der Waals surface area (Å²) in [6.45, 7) is 3.70. The number of aromatic carboxylic acids is 1. The quantitative estimate of drug-likeness (QED) is 0.907. The molecular formula is C14H14N2O3S. The highest BCUT2D eigenvalue weighted by Gasteiger charge is 2.18. The number of nitrogens with zero attached hydrogens (tertiary/aromatic N) is 1. The number of hydrogen-bond donors (Lipinski definition) is 2. The lowest BCUT2D eigenvalue weighted by atomic mass is 10.1. The van der Waals surface area contributed by atoms with Crippen molar-refractivity contribution in [1.82, 2.24) is 10.3 Å². The van der Waals surface area contributed by atoms with Gasteiger partial charge >= 0.3 is 5.97 Å². The van der Waals surface area contributed by atoms with E-state index in [1.54, 1.807) is 12.1 Å². The fraction of sp³-hybridized carbons (Fsp3) is 0.214. The second kappa shape index (κ2) is 5.83. The standard InChI is InChI=1S/C14H14N2O3S/c1-8-7-20-13(15-8)9(2)16-12(17)10-5-3-4-6-11(10)14(18)19/h3-7,9H,1-2H3,(H,16,17)(H,18,19). The second-order valence-electron chi connectivity index (χ2n) is 4.37. The number of carboxylic acid groups (broad SMARTS) is 1. The predicted octanol–water partition coefficient (Wildman–Crippen LogP) is 2.64. The van der Waals surface area contributed by atoms with Crippen LogP contribution in [-0.4, -0.2) is 22.0 Å². The second-order valence-corrected chi connectivity index (χ2v) is 5.26. The van der Waals surface area contributed by atoms with E-state index in [1.165, 1.54) is 23.5 Å². The number of aromatic nitrogens is 1. The van der Waals surface area contributed by atoms with Gasteiger partial charge in [0.25, 0.3) is 5.91 Å². The molecule has 1 unspecified atom stereocenters. The number of benzene rings is 1. The third-order valence-electron chi connectivity index (χ3n) is 2.76. The first-order chi connectivity index (χ1) is 9.49. The Labute approximate surface area is 120 Å². The summed E-state index contributed by atoms with van der Waals surface area (Å²) in [5.41, 5.74) is 1.05. The Bertz CT molecular complexity index is 651. The van der Waals surface area contributed by atoms with Crippen LogP contribution in [0.25, 0.3) is 0 Å². The minimum atomic E-state index is -1.12. The Morgan fingerprint density at radius 2 is 1.95 bits per heavy atom. The smallest absolute Gasteiger partial charge is 0.336 e. The monoisotopic (exact) mass is 290 g/mol. The average molecular weight is 290 g/mol. The van der Waals surface area contributed by atoms with Crippen LogP contribution in [-0.2, 0) is 0 Å². The van der Waals surface area contributed by atoms with Gasteiger partial charge in [-0.2, -0.15) is 0 Å². The number of hydrogen-bond acceptors (Lipinski definition) is 4. The molecule has 104 valence electrons. The number of nitrogens with one attached hydrogen (secondary N) is 1. The van der Waals surface area contributed by atoms with Crippen LogP contribution in [0.4, 0.5) is 0 Å². The van der Waals surface area contributed by atoms with Crippen molar-refractivity contribution in [3.8, 4) is 0 Å². The number of carbonyl (C=O) groups excluding carboxylic acids is 1.